The normalized spacial score (nSPS) is 18.6. The van der Waals surface area contributed by atoms with Crippen molar-refractivity contribution in [3.63, 3.8) is 0 Å². The molecule has 12 aromatic rings. The van der Waals surface area contributed by atoms with Gasteiger partial charge in [0.25, 0.3) is 0 Å². The summed E-state index contributed by atoms with van der Waals surface area (Å²) in [6.45, 7) is 32.6. The van der Waals surface area contributed by atoms with Crippen LogP contribution < -0.4 is 34.3 Å². The third-order valence-corrected chi connectivity index (χ3v) is 26.9. The van der Waals surface area contributed by atoms with Crippen molar-refractivity contribution in [2.24, 2.45) is 5.10 Å². The number of rotatable bonds is 22. The van der Waals surface area contributed by atoms with Crippen LogP contribution in [0.15, 0.2) is 170 Å². The van der Waals surface area contributed by atoms with E-state index >= 15 is 0 Å². The lowest BCUT2D eigenvalue weighted by Gasteiger charge is -2.34. The van der Waals surface area contributed by atoms with Crippen LogP contribution in [0.2, 0.25) is 0 Å². The van der Waals surface area contributed by atoms with E-state index < -0.39 is 96.1 Å². The minimum absolute atomic E-state index is 0.0135. The van der Waals surface area contributed by atoms with Crippen LogP contribution in [0.1, 0.15) is 151 Å². The number of anilines is 3. The minimum Gasteiger partial charge on any atom is -0.481 e. The minimum atomic E-state index is -4.55. The molecule has 768 valence electrons. The Morgan fingerprint density at radius 2 is 0.714 bits per heavy atom. The van der Waals surface area contributed by atoms with Crippen molar-refractivity contribution in [2.75, 3.05) is 102 Å². The number of ether oxygens (including phenoxy) is 9. The van der Waals surface area contributed by atoms with E-state index in [4.69, 9.17) is 67.6 Å². The maximum atomic E-state index is 13.8. The molecule has 147 heavy (non-hydrogen) atoms. The predicted octanol–water partition coefficient (Wildman–Crippen LogP) is 21.6. The zero-order chi connectivity index (χ0) is 105. The van der Waals surface area contributed by atoms with Gasteiger partial charge in [-0.2, -0.15) is 39.5 Å². The maximum Gasteiger partial charge on any atom is 0.416 e. The number of nitrogens with one attached hydrogen (secondary N) is 1. The number of morpholine rings is 2. The number of nitrogens with zero attached hydrogens (tertiary/aromatic N) is 16. The number of methoxy groups -OCH3 is 3. The lowest BCUT2D eigenvalue weighted by atomic mass is 9.92. The highest BCUT2D eigenvalue weighted by molar-refractivity contribution is 5.97. The van der Waals surface area contributed by atoms with Crippen molar-refractivity contribution in [2.45, 2.75) is 171 Å². The molecule has 39 heteroatoms. The second-order valence-corrected chi connectivity index (χ2v) is 37.7. The van der Waals surface area contributed by atoms with Gasteiger partial charge in [-0.25, -0.2) is 69.1 Å². The van der Waals surface area contributed by atoms with Gasteiger partial charge in [0.15, 0.2) is 0 Å². The molecule has 6 saturated heterocycles. The average Bonchev–Trinajstić information content (AvgIpc) is 1.63. The molecule has 6 aromatic carbocycles. The van der Waals surface area contributed by atoms with Gasteiger partial charge in [0.2, 0.25) is 47.3 Å². The molecule has 0 aliphatic carbocycles. The number of hydrogen-bond donors (Lipinski definition) is 1. The summed E-state index contributed by atoms with van der Waals surface area (Å²) < 4.78 is 188. The number of hydrogen-bond acceptors (Lipinski definition) is 26. The van der Waals surface area contributed by atoms with Crippen molar-refractivity contribution in [1.82, 2.24) is 65.0 Å². The number of hydrazone groups is 1. The molecule has 6 aromatic heterocycles. The predicted molar refractivity (Wildman–Crippen MR) is 529 cm³/mol. The Morgan fingerprint density at radius 3 is 1.05 bits per heavy atom. The summed E-state index contributed by atoms with van der Waals surface area (Å²) in [6.07, 6.45) is -9.18. The Bertz CT molecular complexity index is 7070. The van der Waals surface area contributed by atoms with Gasteiger partial charge in [-0.3, -0.25) is 14.7 Å². The summed E-state index contributed by atoms with van der Waals surface area (Å²) >= 11 is 0. The molecule has 6 fully saturated rings. The van der Waals surface area contributed by atoms with E-state index in [-0.39, 0.29) is 49.4 Å². The highest BCUT2D eigenvalue weighted by Gasteiger charge is 2.47. The van der Waals surface area contributed by atoms with Crippen molar-refractivity contribution in [3.05, 3.63) is 277 Å². The topological polar surface area (TPSA) is 294 Å². The Kier molecular flexibility index (Phi) is 29.6. The van der Waals surface area contributed by atoms with E-state index in [1.165, 1.54) is 36.0 Å². The Hall–Kier alpha value is -15.2. The fourth-order valence-electron chi connectivity index (χ4n) is 19.8. The first-order valence-corrected chi connectivity index (χ1v) is 47.7. The van der Waals surface area contributed by atoms with Crippen LogP contribution >= 0.6 is 0 Å². The molecule has 13 heterocycles. The summed E-state index contributed by atoms with van der Waals surface area (Å²) in [5.74, 6) is 3.00. The van der Waals surface area contributed by atoms with Crippen molar-refractivity contribution in [1.29, 1.82) is 0 Å². The maximum absolute atomic E-state index is 13.8. The Labute approximate surface area is 842 Å². The number of aromatic nitrogens is 9. The average molecular weight is 2030 g/mol. The third kappa shape index (κ3) is 22.2. The number of carbonyl (C=O) groups is 3. The zero-order valence-corrected chi connectivity index (χ0v) is 83.7. The number of carbonyl (C=O) groups excluding carboxylic acids is 3. The van der Waals surface area contributed by atoms with E-state index in [1.54, 1.807) is 102 Å². The van der Waals surface area contributed by atoms with Crippen LogP contribution in [-0.4, -0.2) is 195 Å². The molecular weight excluding hydrogens is 1920 g/mol. The van der Waals surface area contributed by atoms with Gasteiger partial charge in [0.1, 0.15) is 24.5 Å². The fourth-order valence-corrected chi connectivity index (χ4v) is 19.8. The molecule has 19 rings (SSSR count). The van der Waals surface area contributed by atoms with Gasteiger partial charge in [0, 0.05) is 119 Å². The number of amides is 3. The van der Waals surface area contributed by atoms with Gasteiger partial charge in [-0.05, 0) is 225 Å². The summed E-state index contributed by atoms with van der Waals surface area (Å²) in [7, 11) is 4.56. The summed E-state index contributed by atoms with van der Waals surface area (Å²) in [5.41, 5.74) is 21.1. The molecule has 7 aliphatic heterocycles. The smallest absolute Gasteiger partial charge is 0.416 e. The van der Waals surface area contributed by atoms with Gasteiger partial charge in [-0.1, -0.05) is 76.3 Å². The largest absolute Gasteiger partial charge is 0.481 e. The van der Waals surface area contributed by atoms with E-state index in [0.29, 0.717) is 167 Å². The summed E-state index contributed by atoms with van der Waals surface area (Å²) in [5, 5.41) is 4.20. The molecule has 29 nitrogen and oxygen atoms in total. The fraction of sp³-hybridized carbons (Fsp3) is 0.361. The first-order chi connectivity index (χ1) is 69.9. The summed E-state index contributed by atoms with van der Waals surface area (Å²) in [4.78, 5) is 92.9. The first-order valence-electron chi connectivity index (χ1n) is 47.7. The number of cyclic esters (lactones) is 3. The molecule has 3 amide bonds. The highest BCUT2D eigenvalue weighted by Crippen LogP contribution is 2.48. The second-order valence-electron chi connectivity index (χ2n) is 37.7. The standard InChI is InChI=1S/C38H38F3N7O5.C36H38F3N5O4.C34H33F4N5O3/c1-20-11-25(15-28(12-20)38(39,40)41)33-23(4)48(37(49)53-33)19-31-30(18-43-36(44-31)47-7-9-51-10-8-47)29-16-27(17-42-35(29)50-6)32-21(2)13-26(14-22(32)3)34-46-45-24(5)52-34;1-20-11-22(3)31(23(4)12-20)26-16-28(33(46-6)40-17-26)29-18-41-34(43-7-9-47-10-8-43)42-30(29)19-44-24(5)32(48-35(44)45)25-13-21(2)14-27(15-25)36(37,38)39;1-18-6-7-26(20(3)8-18)23-12-27(31(45-5)39-13-23)28-14-40-32(42-15-25(35)16-42)41-29(28)17-43-21(4)30(46-33(43)44)22-9-19(2)10-24(11-22)34(36,37)38/h11-18,23,33,45H,5,7-10,19H2,1-4,6H3;11-18,24,32H,7-10,19H2,1-6H3;6-14,21,25,30H,15-17H2,1-5H3/t23-,33-;24-,32-;21-,30-/m000/s1. The molecular formula is C108H109F10N17O12. The van der Waals surface area contributed by atoms with Gasteiger partial charge in [0.05, 0.1) is 132 Å². The highest BCUT2D eigenvalue weighted by atomic mass is 19.4. The summed E-state index contributed by atoms with van der Waals surface area (Å²) in [6, 6.07) is 29.5. The van der Waals surface area contributed by atoms with Crippen LogP contribution in [0.3, 0.4) is 0 Å². The first kappa shape index (κ1) is 103. The van der Waals surface area contributed by atoms with E-state index in [1.807, 2.05) is 80.0 Å². The van der Waals surface area contributed by atoms with Crippen molar-refractivity contribution >= 4 is 42.0 Å². The molecule has 0 spiro atoms. The van der Waals surface area contributed by atoms with Crippen LogP contribution in [-0.2, 0) is 66.6 Å². The number of aryl methyl sites for hydroxylation is 10. The zero-order valence-electron chi connectivity index (χ0n) is 83.7. The lowest BCUT2D eigenvalue weighted by molar-refractivity contribution is -0.138. The van der Waals surface area contributed by atoms with Crippen LogP contribution in [0.4, 0.5) is 76.1 Å². The number of benzene rings is 6. The van der Waals surface area contributed by atoms with Gasteiger partial charge < -0.3 is 57.3 Å². The van der Waals surface area contributed by atoms with E-state index in [9.17, 15) is 58.3 Å². The van der Waals surface area contributed by atoms with E-state index in [2.05, 4.69) is 76.0 Å². The molecule has 0 saturated carbocycles. The van der Waals surface area contributed by atoms with Crippen LogP contribution in [0.25, 0.3) is 66.8 Å². The Balaban J connectivity index is 0.000000151. The van der Waals surface area contributed by atoms with Crippen LogP contribution in [0.5, 0.6) is 17.6 Å². The Morgan fingerprint density at radius 1 is 0.381 bits per heavy atom. The molecule has 0 bridgehead atoms. The van der Waals surface area contributed by atoms with Crippen molar-refractivity contribution < 1.29 is 101 Å². The number of halogens is 10. The molecule has 6 atom stereocenters. The molecule has 0 unspecified atom stereocenters. The van der Waals surface area contributed by atoms with E-state index in [0.717, 1.165) is 114 Å². The lowest BCUT2D eigenvalue weighted by Crippen LogP contribution is -2.49. The second kappa shape index (κ2) is 42.1. The SMILES string of the molecule is C=C1NN=C(c2cc(C)c(-c3cnc(OC)c(-c4cnc(N5CCOCC5)nc4CN4C(=O)O[C@H](c5cc(C)cc(C(F)(F)F)c5)[C@@H]4C)c3)c(C)c2)O1.COc1ncc(-c2c(C)cc(C)cc2C)cc1-c1cnc(N2CCOCC2)nc1CN1C(=O)O[C@H](c2cc(C)cc(C(F)(F)F)c2)[C@@H]1C.COc1ncc(-c2ccc(C)cc2C)cc1-c1cnc(N2CC(F)C2)nc1CN1C(=O)O[C@H](c2cc(C)cc(C(F)(F)F)c2)[C@@H]1C. The quantitative estimate of drug-likeness (QED) is 0.0487. The number of alkyl halides is 10. The number of pyridine rings is 3. The molecule has 7 aliphatic rings. The molecule has 1 N–H and O–H groups in total. The van der Waals surface area contributed by atoms with Gasteiger partial charge >= 0.3 is 36.8 Å². The molecule has 0 radical (unpaired) electrons. The van der Waals surface area contributed by atoms with Crippen molar-refractivity contribution in [3.8, 4) is 84.4 Å². The monoisotopic (exact) mass is 2030 g/mol. The van der Waals surface area contributed by atoms with Gasteiger partial charge in [-0.15, -0.1) is 5.10 Å². The third-order valence-electron chi connectivity index (χ3n) is 26.9. The van der Waals surface area contributed by atoms with Crippen LogP contribution in [0, 0.1) is 69.2 Å².